The summed E-state index contributed by atoms with van der Waals surface area (Å²) in [5.74, 6) is -1.09. The van der Waals surface area contributed by atoms with E-state index in [0.29, 0.717) is 109 Å². The number of thioether (sulfide) groups is 1. The van der Waals surface area contributed by atoms with Crippen LogP contribution in [0.25, 0.3) is 33.3 Å². The van der Waals surface area contributed by atoms with Crippen LogP contribution < -0.4 is 5.32 Å². The van der Waals surface area contributed by atoms with E-state index >= 15 is 4.79 Å². The number of H-pyrrole nitrogens is 2. The first-order valence-electron chi connectivity index (χ1n) is 27.0. The predicted molar refractivity (Wildman–Crippen MR) is 293 cm³/mol. The Morgan fingerprint density at radius 2 is 1.65 bits per heavy atom. The molecule has 1 unspecified atom stereocenters. The Labute approximate surface area is 454 Å². The number of carbonyl (C=O) groups excluding carboxylic acids is 4. The topological polar surface area (TPSA) is 265 Å². The van der Waals surface area contributed by atoms with E-state index in [1.54, 1.807) is 32.7 Å². The monoisotopic (exact) mass is 1090 g/mol. The predicted octanol–water partition coefficient (Wildman–Crippen LogP) is 5.52. The van der Waals surface area contributed by atoms with Crippen LogP contribution in [0.2, 0.25) is 0 Å². The fourth-order valence-electron chi connectivity index (χ4n) is 11.0. The molecular formula is C56H78N8O12S. The van der Waals surface area contributed by atoms with Gasteiger partial charge in [0.15, 0.2) is 0 Å². The van der Waals surface area contributed by atoms with E-state index in [1.807, 2.05) is 45.9 Å². The van der Waals surface area contributed by atoms with Gasteiger partial charge < -0.3 is 59.6 Å². The maximum atomic E-state index is 15.3. The quantitative estimate of drug-likeness (QED) is 0.0715. The summed E-state index contributed by atoms with van der Waals surface area (Å²) in [5, 5.41) is 43.5. The lowest BCUT2D eigenvalue weighted by molar-refractivity contribution is -0.205. The summed E-state index contributed by atoms with van der Waals surface area (Å²) in [7, 11) is 1.70. The number of aliphatic hydroxyl groups excluding tert-OH is 4. The van der Waals surface area contributed by atoms with Gasteiger partial charge in [0.05, 0.1) is 65.3 Å². The molecule has 6 aliphatic rings. The molecule has 2 saturated heterocycles. The lowest BCUT2D eigenvalue weighted by Crippen LogP contribution is -2.57. The number of ether oxygens (including phenoxy) is 4. The summed E-state index contributed by atoms with van der Waals surface area (Å²) < 4.78 is 23.2. The van der Waals surface area contributed by atoms with E-state index in [-0.39, 0.29) is 49.7 Å². The molecule has 0 aliphatic carbocycles. The average molecular weight is 1090 g/mol. The van der Waals surface area contributed by atoms with Crippen molar-refractivity contribution >= 4 is 68.9 Å². The highest BCUT2D eigenvalue weighted by atomic mass is 32.2. The van der Waals surface area contributed by atoms with Gasteiger partial charge >= 0.3 is 6.09 Å². The molecule has 8 rings (SSSR count). The maximum Gasteiger partial charge on any atom is 0.407 e. The van der Waals surface area contributed by atoms with Crippen molar-refractivity contribution < 1.29 is 58.6 Å². The second-order valence-electron chi connectivity index (χ2n) is 21.8. The Bertz CT molecular complexity index is 2850. The number of amides is 4. The number of aromatic amines is 2. The summed E-state index contributed by atoms with van der Waals surface area (Å²) >= 11 is 1.28. The lowest BCUT2D eigenvalue weighted by Gasteiger charge is -2.39. The van der Waals surface area contributed by atoms with Gasteiger partial charge in [-0.2, -0.15) is 0 Å². The zero-order valence-corrected chi connectivity index (χ0v) is 47.0. The number of hydrogen-bond acceptors (Lipinski definition) is 16. The van der Waals surface area contributed by atoms with Crippen molar-refractivity contribution in [3.05, 3.63) is 69.1 Å². The molecule has 2 fully saturated rings. The van der Waals surface area contributed by atoms with Crippen LogP contribution in [0, 0.1) is 6.92 Å². The molecule has 420 valence electrons. The van der Waals surface area contributed by atoms with Gasteiger partial charge in [-0.15, -0.1) is 11.8 Å². The number of alkyl carbamates (subject to hydrolysis) is 1. The van der Waals surface area contributed by atoms with Gasteiger partial charge in [0.1, 0.15) is 35.5 Å². The minimum absolute atomic E-state index is 0.129. The maximum absolute atomic E-state index is 15.3. The highest BCUT2D eigenvalue weighted by Crippen LogP contribution is 2.45. The highest BCUT2D eigenvalue weighted by Gasteiger charge is 2.44. The van der Waals surface area contributed by atoms with Crippen LogP contribution in [0.1, 0.15) is 153 Å². The summed E-state index contributed by atoms with van der Waals surface area (Å²) in [6.45, 7) is 20.9. The number of carbonyl (C=O) groups is 4. The minimum Gasteiger partial charge on any atom is -0.444 e. The first kappa shape index (κ1) is 57.9. The molecule has 8 atom stereocenters. The third-order valence-corrected chi connectivity index (χ3v) is 16.8. The van der Waals surface area contributed by atoms with Gasteiger partial charge in [-0.3, -0.25) is 24.2 Å². The van der Waals surface area contributed by atoms with Gasteiger partial charge in [-0.25, -0.2) is 14.8 Å². The SMILES string of the molecule is CCC1=C(C)c2cc3nc(cc4[nH]c(c5c6[nH]c(cc1n2)c(C)c6C(=O)N(CCN1CCOCC1)C5=O)[C@@H](CCC(=O)N(C)CCNC(=O)OC(C)(C)C)[C@@H]4C)C(C)=C3C(C)OCCCS[C@@H]1O[C@H](CO)[C@@H](O)[C@H](O)[C@H]1O. The second-order valence-corrected chi connectivity index (χ2v) is 23.0. The zero-order valence-electron chi connectivity index (χ0n) is 46.2. The van der Waals surface area contributed by atoms with Crippen LogP contribution in [-0.2, 0) is 23.7 Å². The molecule has 2 aromatic heterocycles. The van der Waals surface area contributed by atoms with Gasteiger partial charge in [-0.1, -0.05) is 13.8 Å². The third kappa shape index (κ3) is 12.5. The summed E-state index contributed by atoms with van der Waals surface area (Å²) in [5.41, 5.74) is 9.01. The molecular weight excluding hydrogens is 1010 g/mol. The molecule has 4 amide bonds. The number of hydrogen-bond donors (Lipinski definition) is 7. The van der Waals surface area contributed by atoms with Crippen molar-refractivity contribution in [2.45, 2.75) is 141 Å². The number of aryl methyl sites for hydroxylation is 1. The molecule has 0 aromatic carbocycles. The second kappa shape index (κ2) is 24.4. The van der Waals surface area contributed by atoms with Crippen LogP contribution in [0.15, 0.2) is 18.2 Å². The van der Waals surface area contributed by atoms with Gasteiger partial charge in [-0.05, 0) is 114 Å². The molecule has 0 radical (unpaired) electrons. The van der Waals surface area contributed by atoms with Gasteiger partial charge in [0, 0.05) is 93.7 Å². The Morgan fingerprint density at radius 1 is 0.948 bits per heavy atom. The van der Waals surface area contributed by atoms with Crippen molar-refractivity contribution in [2.24, 2.45) is 0 Å². The Morgan fingerprint density at radius 3 is 2.35 bits per heavy atom. The molecule has 6 aliphatic heterocycles. The number of nitrogens with one attached hydrogen (secondary N) is 3. The molecule has 8 bridgehead atoms. The van der Waals surface area contributed by atoms with Crippen LogP contribution in [-0.4, -0.2) is 199 Å². The van der Waals surface area contributed by atoms with E-state index in [0.717, 1.165) is 39.4 Å². The number of likely N-dealkylation sites (N-methyl/N-ethyl adjacent to an activating group) is 1. The van der Waals surface area contributed by atoms with E-state index < -0.39 is 60.2 Å². The first-order chi connectivity index (χ1) is 36.6. The third-order valence-electron chi connectivity index (χ3n) is 15.5. The van der Waals surface area contributed by atoms with Crippen molar-refractivity contribution in [2.75, 3.05) is 78.5 Å². The highest BCUT2D eigenvalue weighted by molar-refractivity contribution is 7.99. The van der Waals surface area contributed by atoms with E-state index in [2.05, 4.69) is 34.0 Å². The van der Waals surface area contributed by atoms with E-state index in [1.165, 1.54) is 16.7 Å². The molecule has 0 saturated carbocycles. The largest absolute Gasteiger partial charge is 0.444 e. The Balaban J connectivity index is 1.18. The molecule has 7 N–H and O–H groups in total. The number of imide groups is 1. The number of aliphatic hydroxyl groups is 4. The molecule has 21 heteroatoms. The van der Waals surface area contributed by atoms with Crippen molar-refractivity contribution in [3.8, 4) is 0 Å². The summed E-state index contributed by atoms with van der Waals surface area (Å²) in [4.78, 5) is 79.4. The van der Waals surface area contributed by atoms with Gasteiger partial charge in [0.2, 0.25) is 5.91 Å². The van der Waals surface area contributed by atoms with Crippen LogP contribution in [0.4, 0.5) is 4.79 Å². The number of fused-ring (bicyclic) bond motifs is 8. The standard InChI is InChI=1S/C56H78N8O12S/c1-11-34-29(2)36-27-41-44(33(6)74-21-12-24-77-54-51(69)50(68)49(67)42(28-65)75-54)31(4)38(59-41)25-37-30(3)35(13-14-43(66)62(10)16-15-57-55(72)76-56(7,8)9)47(60-37)46-48-45(32(5)39(61-48)26-40(34)58-36)52(70)64(53(46)71)18-17-63-19-22-73-23-20-63/h25-27,30,33,35,42,49-51,54,60-61,65,67-69H,11-24,28H2,1-10H3,(H,57,72)/t30-,33?,35-,42+,49+,50-,51+,54-/m0/s1. The molecule has 2 aromatic rings. The molecule has 77 heavy (non-hydrogen) atoms. The fraction of sp³-hybridized carbons (Fsp3) is 0.607. The van der Waals surface area contributed by atoms with Crippen LogP contribution >= 0.6 is 11.8 Å². The van der Waals surface area contributed by atoms with E-state index in [4.69, 9.17) is 28.9 Å². The van der Waals surface area contributed by atoms with E-state index in [9.17, 15) is 34.8 Å². The number of nitrogens with zero attached hydrogens (tertiary/aromatic N) is 5. The molecule has 8 heterocycles. The zero-order chi connectivity index (χ0) is 55.6. The van der Waals surface area contributed by atoms with Crippen LogP contribution in [0.3, 0.4) is 0 Å². The normalized spacial score (nSPS) is 23.9. The van der Waals surface area contributed by atoms with Crippen LogP contribution in [0.5, 0.6) is 0 Å². The fourth-order valence-corrected chi connectivity index (χ4v) is 12.1. The average Bonchev–Trinajstić information content (AvgIpc) is 4.08. The summed E-state index contributed by atoms with van der Waals surface area (Å²) in [6.07, 6.45) is -4.47. The first-order valence-corrected chi connectivity index (χ1v) is 28.1. The molecule has 20 nitrogen and oxygen atoms in total. The molecule has 0 spiro atoms. The summed E-state index contributed by atoms with van der Waals surface area (Å²) in [6, 6.07) is 5.97. The Kier molecular flexibility index (Phi) is 18.4. The minimum atomic E-state index is -1.45. The number of morpholine rings is 1. The van der Waals surface area contributed by atoms with Crippen molar-refractivity contribution in [3.63, 3.8) is 0 Å². The Hall–Kier alpha value is -5.23. The van der Waals surface area contributed by atoms with Crippen molar-refractivity contribution in [1.29, 1.82) is 0 Å². The smallest absolute Gasteiger partial charge is 0.407 e. The van der Waals surface area contributed by atoms with Gasteiger partial charge in [0.25, 0.3) is 11.8 Å². The number of rotatable bonds is 18. The number of allylic oxidation sites excluding steroid dienone is 3. The lowest BCUT2D eigenvalue weighted by atomic mass is 9.84. The van der Waals surface area contributed by atoms with Crippen molar-refractivity contribution in [1.82, 2.24) is 40.0 Å². The number of aromatic nitrogens is 4.